The fourth-order valence-corrected chi connectivity index (χ4v) is 2.76. The zero-order chi connectivity index (χ0) is 14.5. The minimum atomic E-state index is -0.196. The van der Waals surface area contributed by atoms with Gasteiger partial charge in [0, 0.05) is 50.9 Å². The standard InChI is InChI=1S/C16H26FN3/c1-3-13(2)20-8-6-19(7-9-20)12-14-4-5-16(17)15(10-14)11-18/h4-5,10,13H,3,6-9,11-12,18H2,1-2H3. The van der Waals surface area contributed by atoms with E-state index in [9.17, 15) is 4.39 Å². The lowest BCUT2D eigenvalue weighted by molar-refractivity contribution is 0.0963. The topological polar surface area (TPSA) is 32.5 Å². The smallest absolute Gasteiger partial charge is 0.127 e. The van der Waals surface area contributed by atoms with E-state index < -0.39 is 0 Å². The van der Waals surface area contributed by atoms with Crippen molar-refractivity contribution in [3.05, 3.63) is 35.1 Å². The van der Waals surface area contributed by atoms with Gasteiger partial charge in [0.25, 0.3) is 0 Å². The van der Waals surface area contributed by atoms with E-state index in [0.29, 0.717) is 11.6 Å². The van der Waals surface area contributed by atoms with E-state index in [1.54, 1.807) is 0 Å². The van der Waals surface area contributed by atoms with Gasteiger partial charge in [0.05, 0.1) is 0 Å². The molecule has 1 unspecified atom stereocenters. The molecule has 1 aliphatic heterocycles. The van der Waals surface area contributed by atoms with Gasteiger partial charge >= 0.3 is 0 Å². The van der Waals surface area contributed by atoms with Gasteiger partial charge in [-0.3, -0.25) is 9.80 Å². The van der Waals surface area contributed by atoms with Crippen LogP contribution in [0.25, 0.3) is 0 Å². The van der Waals surface area contributed by atoms with Crippen molar-refractivity contribution < 1.29 is 4.39 Å². The largest absolute Gasteiger partial charge is 0.326 e. The first-order valence-corrected chi connectivity index (χ1v) is 7.57. The fraction of sp³-hybridized carbons (Fsp3) is 0.625. The summed E-state index contributed by atoms with van der Waals surface area (Å²) in [5.74, 6) is -0.196. The molecule has 4 heteroatoms. The number of hydrogen-bond donors (Lipinski definition) is 1. The average molecular weight is 279 g/mol. The van der Waals surface area contributed by atoms with Crippen molar-refractivity contribution in [1.29, 1.82) is 0 Å². The number of rotatable bonds is 5. The first-order valence-electron chi connectivity index (χ1n) is 7.57. The maximum Gasteiger partial charge on any atom is 0.127 e. The average Bonchev–Trinajstić information content (AvgIpc) is 2.49. The Balaban J connectivity index is 1.89. The highest BCUT2D eigenvalue weighted by Crippen LogP contribution is 2.15. The monoisotopic (exact) mass is 279 g/mol. The van der Waals surface area contributed by atoms with Gasteiger partial charge in [0.1, 0.15) is 5.82 Å². The van der Waals surface area contributed by atoms with Crippen molar-refractivity contribution in [2.75, 3.05) is 26.2 Å². The second-order valence-corrected chi connectivity index (χ2v) is 5.70. The Morgan fingerprint density at radius 2 is 1.95 bits per heavy atom. The Kier molecular flexibility index (Phi) is 5.52. The van der Waals surface area contributed by atoms with E-state index in [1.807, 2.05) is 12.1 Å². The Morgan fingerprint density at radius 1 is 1.25 bits per heavy atom. The zero-order valence-corrected chi connectivity index (χ0v) is 12.6. The summed E-state index contributed by atoms with van der Waals surface area (Å²) in [6.45, 7) is 10.1. The van der Waals surface area contributed by atoms with Gasteiger partial charge in [0.2, 0.25) is 0 Å². The SMILES string of the molecule is CCC(C)N1CCN(Cc2ccc(F)c(CN)c2)CC1. The molecular formula is C16H26FN3. The third-order valence-corrected chi connectivity index (χ3v) is 4.36. The number of halogens is 1. The lowest BCUT2D eigenvalue weighted by Gasteiger charge is -2.37. The molecule has 20 heavy (non-hydrogen) atoms. The third-order valence-electron chi connectivity index (χ3n) is 4.36. The summed E-state index contributed by atoms with van der Waals surface area (Å²) in [6, 6.07) is 5.98. The van der Waals surface area contributed by atoms with Crippen LogP contribution in [0.1, 0.15) is 31.4 Å². The molecule has 1 saturated heterocycles. The molecule has 0 amide bonds. The molecule has 1 aromatic carbocycles. The molecule has 3 nitrogen and oxygen atoms in total. The van der Waals surface area contributed by atoms with E-state index in [-0.39, 0.29) is 12.4 Å². The van der Waals surface area contributed by atoms with Crippen LogP contribution in [0.3, 0.4) is 0 Å². The van der Waals surface area contributed by atoms with Crippen molar-refractivity contribution in [3.63, 3.8) is 0 Å². The Hall–Kier alpha value is -0.970. The van der Waals surface area contributed by atoms with Gasteiger partial charge in [-0.2, -0.15) is 0 Å². The molecule has 1 atom stereocenters. The molecule has 0 saturated carbocycles. The lowest BCUT2D eigenvalue weighted by atomic mass is 10.1. The molecule has 2 N–H and O–H groups in total. The number of piperazine rings is 1. The van der Waals surface area contributed by atoms with Crippen LogP contribution in [0, 0.1) is 5.82 Å². The Bertz CT molecular complexity index is 428. The summed E-state index contributed by atoms with van der Waals surface area (Å²) >= 11 is 0. The van der Waals surface area contributed by atoms with Crippen molar-refractivity contribution in [2.24, 2.45) is 5.73 Å². The summed E-state index contributed by atoms with van der Waals surface area (Å²) in [6.07, 6.45) is 1.21. The van der Waals surface area contributed by atoms with Crippen molar-refractivity contribution in [1.82, 2.24) is 9.80 Å². The van der Waals surface area contributed by atoms with Gasteiger partial charge in [-0.25, -0.2) is 4.39 Å². The van der Waals surface area contributed by atoms with Crippen molar-refractivity contribution in [3.8, 4) is 0 Å². The molecule has 1 aromatic rings. The van der Waals surface area contributed by atoms with E-state index >= 15 is 0 Å². The second kappa shape index (κ2) is 7.16. The molecule has 0 spiro atoms. The van der Waals surface area contributed by atoms with Crippen molar-refractivity contribution in [2.45, 2.75) is 39.4 Å². The lowest BCUT2D eigenvalue weighted by Crippen LogP contribution is -2.48. The van der Waals surface area contributed by atoms with Crippen LogP contribution >= 0.6 is 0 Å². The molecule has 1 heterocycles. The van der Waals surface area contributed by atoms with Crippen LogP contribution in [-0.2, 0) is 13.1 Å². The quantitative estimate of drug-likeness (QED) is 0.897. The maximum absolute atomic E-state index is 13.4. The minimum Gasteiger partial charge on any atom is -0.326 e. The molecule has 112 valence electrons. The molecule has 1 aliphatic rings. The van der Waals surface area contributed by atoms with Crippen LogP contribution < -0.4 is 5.73 Å². The highest BCUT2D eigenvalue weighted by atomic mass is 19.1. The highest BCUT2D eigenvalue weighted by molar-refractivity contribution is 5.25. The van der Waals surface area contributed by atoms with E-state index in [4.69, 9.17) is 5.73 Å². The first-order chi connectivity index (χ1) is 9.63. The van der Waals surface area contributed by atoms with Gasteiger partial charge < -0.3 is 5.73 Å². The number of benzene rings is 1. The number of hydrogen-bond acceptors (Lipinski definition) is 3. The summed E-state index contributed by atoms with van der Waals surface area (Å²) < 4.78 is 13.4. The molecule has 0 aliphatic carbocycles. The maximum atomic E-state index is 13.4. The predicted molar refractivity (Wildman–Crippen MR) is 80.9 cm³/mol. The van der Waals surface area contributed by atoms with E-state index in [1.165, 1.54) is 12.5 Å². The van der Waals surface area contributed by atoms with Crippen LogP contribution in [0.2, 0.25) is 0 Å². The molecule has 0 bridgehead atoms. The van der Waals surface area contributed by atoms with Crippen LogP contribution in [0.4, 0.5) is 4.39 Å². The third kappa shape index (κ3) is 3.78. The molecular weight excluding hydrogens is 253 g/mol. The molecule has 1 fully saturated rings. The molecule has 0 radical (unpaired) electrons. The number of nitrogens with two attached hydrogens (primary N) is 1. The first kappa shape index (κ1) is 15.4. The van der Waals surface area contributed by atoms with Crippen LogP contribution in [0.5, 0.6) is 0 Å². The van der Waals surface area contributed by atoms with E-state index in [2.05, 4.69) is 23.6 Å². The zero-order valence-electron chi connectivity index (χ0n) is 12.6. The Morgan fingerprint density at radius 3 is 2.55 bits per heavy atom. The highest BCUT2D eigenvalue weighted by Gasteiger charge is 2.20. The van der Waals surface area contributed by atoms with Gasteiger partial charge in [-0.1, -0.05) is 19.1 Å². The Labute approximate surface area is 121 Å². The van der Waals surface area contributed by atoms with E-state index in [0.717, 1.165) is 38.3 Å². The second-order valence-electron chi connectivity index (χ2n) is 5.70. The molecule has 2 rings (SSSR count). The van der Waals surface area contributed by atoms with Crippen LogP contribution in [-0.4, -0.2) is 42.0 Å². The minimum absolute atomic E-state index is 0.196. The fourth-order valence-electron chi connectivity index (χ4n) is 2.76. The normalized spacial score (nSPS) is 19.2. The van der Waals surface area contributed by atoms with Gasteiger partial charge in [-0.05, 0) is 25.0 Å². The van der Waals surface area contributed by atoms with Gasteiger partial charge in [-0.15, -0.1) is 0 Å². The molecule has 0 aromatic heterocycles. The number of nitrogens with zero attached hydrogens (tertiary/aromatic N) is 2. The summed E-state index contributed by atoms with van der Waals surface area (Å²) in [7, 11) is 0. The summed E-state index contributed by atoms with van der Waals surface area (Å²) in [5, 5.41) is 0. The van der Waals surface area contributed by atoms with Crippen molar-refractivity contribution >= 4 is 0 Å². The summed E-state index contributed by atoms with van der Waals surface area (Å²) in [5.41, 5.74) is 7.33. The van der Waals surface area contributed by atoms with Crippen LogP contribution in [0.15, 0.2) is 18.2 Å². The predicted octanol–water partition coefficient (Wildman–Crippen LogP) is 2.20. The van der Waals surface area contributed by atoms with Gasteiger partial charge in [0.15, 0.2) is 0 Å². The summed E-state index contributed by atoms with van der Waals surface area (Å²) in [4.78, 5) is 4.99.